The predicted molar refractivity (Wildman–Crippen MR) is 70.8 cm³/mol. The van der Waals surface area contributed by atoms with E-state index in [-0.39, 0.29) is 6.61 Å². The molecular weight excluding hydrogens is 228 g/mol. The minimum Gasteiger partial charge on any atom is -0.496 e. The summed E-state index contributed by atoms with van der Waals surface area (Å²) in [5, 5.41) is 8.95. The van der Waals surface area contributed by atoms with Crippen molar-refractivity contribution in [3.05, 3.63) is 35.3 Å². The number of aromatic amines is 1. The van der Waals surface area contributed by atoms with Crippen molar-refractivity contribution in [2.75, 3.05) is 13.7 Å². The Morgan fingerprint density at radius 1 is 1.33 bits per heavy atom. The molecule has 0 aliphatic rings. The maximum Gasteiger partial charge on any atom is 0.128 e. The number of rotatable bonds is 4. The Morgan fingerprint density at radius 3 is 2.78 bits per heavy atom. The van der Waals surface area contributed by atoms with Crippen LogP contribution < -0.4 is 4.74 Å². The number of hydrogen-bond acceptors (Lipinski definition) is 3. The van der Waals surface area contributed by atoms with Crippen LogP contribution in [0.4, 0.5) is 0 Å². The van der Waals surface area contributed by atoms with E-state index in [0.29, 0.717) is 6.42 Å². The maximum absolute atomic E-state index is 8.95. The van der Waals surface area contributed by atoms with E-state index < -0.39 is 0 Å². The highest BCUT2D eigenvalue weighted by Crippen LogP contribution is 2.31. The molecule has 0 atom stereocenters. The minimum atomic E-state index is 0.0946. The second-order valence-electron chi connectivity index (χ2n) is 4.33. The zero-order valence-electron chi connectivity index (χ0n) is 10.9. The van der Waals surface area contributed by atoms with Crippen LogP contribution in [0.15, 0.2) is 18.2 Å². The van der Waals surface area contributed by atoms with Gasteiger partial charge in [0, 0.05) is 17.7 Å². The summed E-state index contributed by atoms with van der Waals surface area (Å²) in [5.41, 5.74) is 4.02. The molecule has 96 valence electrons. The van der Waals surface area contributed by atoms with E-state index in [2.05, 4.69) is 16.0 Å². The molecule has 18 heavy (non-hydrogen) atoms. The molecular formula is C14H18N2O2. The summed E-state index contributed by atoms with van der Waals surface area (Å²) in [6, 6.07) is 6.02. The Bertz CT molecular complexity index is 547. The van der Waals surface area contributed by atoms with Crippen LogP contribution in [0, 0.1) is 13.8 Å². The van der Waals surface area contributed by atoms with E-state index in [9.17, 15) is 0 Å². The average molecular weight is 246 g/mol. The van der Waals surface area contributed by atoms with Gasteiger partial charge in [-0.05, 0) is 26.0 Å². The first-order valence-corrected chi connectivity index (χ1v) is 5.97. The topological polar surface area (TPSA) is 58.1 Å². The van der Waals surface area contributed by atoms with Crippen molar-refractivity contribution >= 4 is 0 Å². The Balaban J connectivity index is 2.50. The van der Waals surface area contributed by atoms with E-state index in [1.165, 1.54) is 0 Å². The number of benzene rings is 1. The summed E-state index contributed by atoms with van der Waals surface area (Å²) in [6.07, 6.45) is 0.537. The Morgan fingerprint density at radius 2 is 2.11 bits per heavy atom. The van der Waals surface area contributed by atoms with Crippen LogP contribution in [-0.2, 0) is 6.42 Å². The number of hydrogen-bond donors (Lipinski definition) is 2. The van der Waals surface area contributed by atoms with Crippen LogP contribution in [0.1, 0.15) is 17.1 Å². The quantitative estimate of drug-likeness (QED) is 0.869. The lowest BCUT2D eigenvalue weighted by Crippen LogP contribution is -1.93. The van der Waals surface area contributed by atoms with Gasteiger partial charge in [-0.2, -0.15) is 0 Å². The molecule has 0 aliphatic heterocycles. The predicted octanol–water partition coefficient (Wildman–Crippen LogP) is 2.24. The Hall–Kier alpha value is -1.81. The molecule has 1 aromatic heterocycles. The molecule has 0 amide bonds. The molecule has 0 saturated carbocycles. The van der Waals surface area contributed by atoms with E-state index in [1.54, 1.807) is 7.11 Å². The highest BCUT2D eigenvalue weighted by Gasteiger charge is 2.13. The summed E-state index contributed by atoms with van der Waals surface area (Å²) < 4.78 is 5.38. The van der Waals surface area contributed by atoms with Gasteiger partial charge in [0.1, 0.15) is 11.6 Å². The van der Waals surface area contributed by atoms with Gasteiger partial charge in [0.25, 0.3) is 0 Å². The fourth-order valence-electron chi connectivity index (χ4n) is 2.02. The minimum absolute atomic E-state index is 0.0946. The van der Waals surface area contributed by atoms with Gasteiger partial charge in [-0.3, -0.25) is 0 Å². The number of H-pyrrole nitrogens is 1. The summed E-state index contributed by atoms with van der Waals surface area (Å²) in [6.45, 7) is 4.11. The average Bonchev–Trinajstić information content (AvgIpc) is 2.70. The van der Waals surface area contributed by atoms with Gasteiger partial charge in [-0.1, -0.05) is 11.6 Å². The van der Waals surface area contributed by atoms with Crippen LogP contribution in [0.25, 0.3) is 11.3 Å². The van der Waals surface area contributed by atoms with Crippen molar-refractivity contribution in [3.63, 3.8) is 0 Å². The van der Waals surface area contributed by atoms with E-state index in [0.717, 1.165) is 34.1 Å². The number of imidazole rings is 1. The number of aryl methyl sites for hydroxylation is 2. The van der Waals surface area contributed by atoms with Crippen LogP contribution >= 0.6 is 0 Å². The third-order valence-electron chi connectivity index (χ3n) is 2.89. The lowest BCUT2D eigenvalue weighted by Gasteiger charge is -2.08. The number of methoxy groups -OCH3 is 1. The van der Waals surface area contributed by atoms with Gasteiger partial charge in [0.05, 0.1) is 19.4 Å². The van der Waals surface area contributed by atoms with Crippen molar-refractivity contribution in [1.29, 1.82) is 0 Å². The van der Waals surface area contributed by atoms with Gasteiger partial charge >= 0.3 is 0 Å². The Labute approximate surface area is 107 Å². The lowest BCUT2D eigenvalue weighted by molar-refractivity contribution is 0.297. The third kappa shape index (κ3) is 2.38. The summed E-state index contributed by atoms with van der Waals surface area (Å²) in [5.74, 6) is 1.61. The molecule has 0 spiro atoms. The van der Waals surface area contributed by atoms with E-state index in [4.69, 9.17) is 9.84 Å². The number of aliphatic hydroxyl groups excluding tert-OH is 1. The molecule has 0 radical (unpaired) electrons. The van der Waals surface area contributed by atoms with E-state index >= 15 is 0 Å². The molecule has 2 rings (SSSR count). The monoisotopic (exact) mass is 246 g/mol. The fourth-order valence-corrected chi connectivity index (χ4v) is 2.02. The summed E-state index contributed by atoms with van der Waals surface area (Å²) >= 11 is 0. The molecule has 0 aliphatic carbocycles. The van der Waals surface area contributed by atoms with Gasteiger partial charge in [0.15, 0.2) is 0 Å². The number of ether oxygens (including phenoxy) is 1. The smallest absolute Gasteiger partial charge is 0.128 e. The lowest BCUT2D eigenvalue weighted by atomic mass is 10.1. The molecule has 2 aromatic rings. The van der Waals surface area contributed by atoms with Gasteiger partial charge in [-0.25, -0.2) is 4.98 Å². The van der Waals surface area contributed by atoms with Crippen molar-refractivity contribution in [2.24, 2.45) is 0 Å². The van der Waals surface area contributed by atoms with Crippen LogP contribution in [-0.4, -0.2) is 28.8 Å². The molecule has 0 fully saturated rings. The van der Waals surface area contributed by atoms with Crippen LogP contribution in [0.5, 0.6) is 5.75 Å². The van der Waals surface area contributed by atoms with Gasteiger partial charge in [-0.15, -0.1) is 0 Å². The van der Waals surface area contributed by atoms with Crippen molar-refractivity contribution in [1.82, 2.24) is 9.97 Å². The van der Waals surface area contributed by atoms with Gasteiger partial charge in [0.2, 0.25) is 0 Å². The Kier molecular flexibility index (Phi) is 3.67. The van der Waals surface area contributed by atoms with Gasteiger partial charge < -0.3 is 14.8 Å². The van der Waals surface area contributed by atoms with E-state index in [1.807, 2.05) is 26.0 Å². The number of nitrogens with one attached hydrogen (secondary N) is 1. The zero-order chi connectivity index (χ0) is 13.1. The maximum atomic E-state index is 8.95. The highest BCUT2D eigenvalue weighted by molar-refractivity contribution is 5.70. The molecule has 4 heteroatoms. The second kappa shape index (κ2) is 5.23. The molecule has 4 nitrogen and oxygen atoms in total. The zero-order valence-corrected chi connectivity index (χ0v) is 10.9. The first kappa shape index (κ1) is 12.6. The van der Waals surface area contributed by atoms with Crippen molar-refractivity contribution in [2.45, 2.75) is 20.3 Å². The molecule has 0 saturated heterocycles. The SMILES string of the molecule is COc1ccc(C)cc1-c1nc(CCO)[nH]c1C. The molecule has 1 heterocycles. The summed E-state index contributed by atoms with van der Waals surface area (Å²) in [7, 11) is 1.66. The third-order valence-corrected chi connectivity index (χ3v) is 2.89. The van der Waals surface area contributed by atoms with Crippen LogP contribution in [0.3, 0.4) is 0 Å². The summed E-state index contributed by atoms with van der Waals surface area (Å²) in [4.78, 5) is 7.71. The fraction of sp³-hybridized carbons (Fsp3) is 0.357. The number of aromatic nitrogens is 2. The highest BCUT2D eigenvalue weighted by atomic mass is 16.5. The van der Waals surface area contributed by atoms with Crippen molar-refractivity contribution in [3.8, 4) is 17.0 Å². The first-order chi connectivity index (χ1) is 8.65. The molecule has 0 unspecified atom stereocenters. The second-order valence-corrected chi connectivity index (χ2v) is 4.33. The number of nitrogens with zero attached hydrogens (tertiary/aromatic N) is 1. The van der Waals surface area contributed by atoms with Crippen molar-refractivity contribution < 1.29 is 9.84 Å². The standard InChI is InChI=1S/C14H18N2O2/c1-9-4-5-12(18-3)11(8-9)14-10(2)15-13(16-14)6-7-17/h4-5,8,17H,6-7H2,1-3H3,(H,15,16). The largest absolute Gasteiger partial charge is 0.496 e. The number of aliphatic hydroxyl groups is 1. The van der Waals surface area contributed by atoms with Crippen LogP contribution in [0.2, 0.25) is 0 Å². The molecule has 2 N–H and O–H groups in total. The molecule has 0 bridgehead atoms. The molecule has 1 aromatic carbocycles. The first-order valence-electron chi connectivity index (χ1n) is 5.97. The normalized spacial score (nSPS) is 10.7.